The van der Waals surface area contributed by atoms with Gasteiger partial charge in [-0.2, -0.15) is 4.98 Å². The second-order valence-corrected chi connectivity index (χ2v) is 7.43. The van der Waals surface area contributed by atoms with Gasteiger partial charge in [-0.15, -0.1) is 0 Å². The number of amides is 1. The summed E-state index contributed by atoms with van der Waals surface area (Å²) in [6.07, 6.45) is 4.73. The van der Waals surface area contributed by atoms with Crippen LogP contribution >= 0.6 is 0 Å². The van der Waals surface area contributed by atoms with E-state index in [1.165, 1.54) is 12.8 Å². The average Bonchev–Trinajstić information content (AvgIpc) is 3.20. The first-order valence-corrected chi connectivity index (χ1v) is 9.15. The number of benzene rings is 1. The average molecular weight is 348 g/mol. The first-order chi connectivity index (χ1) is 12.7. The third-order valence-corrected chi connectivity index (χ3v) is 5.41. The first kappa shape index (κ1) is 15.5. The van der Waals surface area contributed by atoms with E-state index >= 15 is 0 Å². The van der Waals surface area contributed by atoms with Crippen molar-refractivity contribution >= 4 is 16.8 Å². The molecule has 2 aliphatic rings. The Kier molecular flexibility index (Phi) is 3.51. The van der Waals surface area contributed by atoms with Gasteiger partial charge < -0.3 is 9.42 Å². The van der Waals surface area contributed by atoms with Gasteiger partial charge in [-0.25, -0.2) is 0 Å². The van der Waals surface area contributed by atoms with E-state index in [-0.39, 0.29) is 11.8 Å². The fraction of sp³-hybridized carbons (Fsp3) is 0.400. The number of hydrogen-bond acceptors (Lipinski definition) is 5. The molecule has 2 fully saturated rings. The number of nitrogens with zero attached hydrogens (tertiary/aromatic N) is 4. The molecule has 6 heteroatoms. The molecule has 2 aromatic heterocycles. The topological polar surface area (TPSA) is 72.1 Å². The zero-order chi connectivity index (χ0) is 17.7. The summed E-state index contributed by atoms with van der Waals surface area (Å²) in [5.74, 6) is 2.01. The highest BCUT2D eigenvalue weighted by atomic mass is 16.5. The maximum Gasteiger partial charge on any atom is 0.260 e. The second kappa shape index (κ2) is 5.90. The van der Waals surface area contributed by atoms with Gasteiger partial charge >= 0.3 is 0 Å². The zero-order valence-corrected chi connectivity index (χ0v) is 14.7. The molecule has 1 aliphatic carbocycles. The van der Waals surface area contributed by atoms with Crippen LogP contribution in [-0.2, 0) is 4.79 Å². The van der Waals surface area contributed by atoms with Crippen molar-refractivity contribution in [1.82, 2.24) is 20.0 Å². The monoisotopic (exact) mass is 348 g/mol. The number of pyridine rings is 1. The van der Waals surface area contributed by atoms with Gasteiger partial charge in [0.1, 0.15) is 0 Å². The van der Waals surface area contributed by atoms with Crippen LogP contribution in [0.15, 0.2) is 35.0 Å². The van der Waals surface area contributed by atoms with Gasteiger partial charge in [0.25, 0.3) is 5.89 Å². The highest BCUT2D eigenvalue weighted by Gasteiger charge is 2.36. The maximum atomic E-state index is 12.2. The Morgan fingerprint density at radius 1 is 1.27 bits per heavy atom. The van der Waals surface area contributed by atoms with Crippen LogP contribution in [0, 0.1) is 12.8 Å². The Hall–Kier alpha value is -2.76. The van der Waals surface area contributed by atoms with E-state index in [0.29, 0.717) is 30.6 Å². The smallest absolute Gasteiger partial charge is 0.260 e. The fourth-order valence-electron chi connectivity index (χ4n) is 3.73. The molecule has 1 aliphatic heterocycles. The number of rotatable bonds is 4. The minimum absolute atomic E-state index is 0.0171. The minimum Gasteiger partial charge on any atom is -0.342 e. The molecule has 1 saturated heterocycles. The molecule has 1 unspecified atom stereocenters. The summed E-state index contributed by atoms with van der Waals surface area (Å²) < 4.78 is 5.54. The van der Waals surface area contributed by atoms with Crippen LogP contribution in [0.1, 0.15) is 36.6 Å². The summed E-state index contributed by atoms with van der Waals surface area (Å²) in [5, 5.41) is 5.25. The highest BCUT2D eigenvalue weighted by molar-refractivity contribution is 5.93. The predicted octanol–water partition coefficient (Wildman–Crippen LogP) is 3.32. The van der Waals surface area contributed by atoms with E-state index in [9.17, 15) is 4.79 Å². The van der Waals surface area contributed by atoms with Crippen LogP contribution < -0.4 is 0 Å². The lowest BCUT2D eigenvalue weighted by atomic mass is 10.0. The van der Waals surface area contributed by atoms with Crippen molar-refractivity contribution in [3.8, 4) is 11.5 Å². The number of aromatic nitrogens is 3. The number of carbonyl (C=O) groups is 1. The summed E-state index contributed by atoms with van der Waals surface area (Å²) in [5.41, 5.74) is 2.86. The SMILES string of the molecule is Cc1ccc(-c2nc(C3CC(=O)N(CC4CC4)C3)no2)c2ncccc12. The fourth-order valence-corrected chi connectivity index (χ4v) is 3.73. The molecular weight excluding hydrogens is 328 g/mol. The third kappa shape index (κ3) is 2.66. The normalized spacial score (nSPS) is 20.3. The molecule has 26 heavy (non-hydrogen) atoms. The lowest BCUT2D eigenvalue weighted by Gasteiger charge is -2.14. The van der Waals surface area contributed by atoms with Crippen molar-refractivity contribution < 1.29 is 9.32 Å². The number of likely N-dealkylation sites (tertiary alicyclic amines) is 1. The largest absolute Gasteiger partial charge is 0.342 e. The van der Waals surface area contributed by atoms with Gasteiger partial charge in [-0.1, -0.05) is 17.3 Å². The molecule has 0 N–H and O–H groups in total. The van der Waals surface area contributed by atoms with E-state index in [0.717, 1.165) is 28.6 Å². The number of carbonyl (C=O) groups excluding carboxylic acids is 1. The van der Waals surface area contributed by atoms with Crippen LogP contribution in [0.2, 0.25) is 0 Å². The van der Waals surface area contributed by atoms with E-state index in [1.807, 2.05) is 29.2 Å². The van der Waals surface area contributed by atoms with Crippen LogP contribution in [0.3, 0.4) is 0 Å². The lowest BCUT2D eigenvalue weighted by Crippen LogP contribution is -2.27. The van der Waals surface area contributed by atoms with Gasteiger partial charge in [-0.3, -0.25) is 9.78 Å². The van der Waals surface area contributed by atoms with Crippen LogP contribution in [0.5, 0.6) is 0 Å². The minimum atomic E-state index is 0.0171. The molecule has 6 nitrogen and oxygen atoms in total. The van der Waals surface area contributed by atoms with Gasteiger partial charge in [0, 0.05) is 37.0 Å². The van der Waals surface area contributed by atoms with Crippen LogP contribution in [-0.4, -0.2) is 39.0 Å². The summed E-state index contributed by atoms with van der Waals surface area (Å²) in [6.45, 7) is 3.64. The van der Waals surface area contributed by atoms with E-state index < -0.39 is 0 Å². The Labute approximate surface area is 151 Å². The standard InChI is InChI=1S/C20H20N4O2/c1-12-4-7-16(18-15(12)3-2-8-21-18)20-22-19(23-26-20)14-9-17(25)24(11-14)10-13-5-6-13/h2-4,7-8,13-14H,5-6,9-11H2,1H3. The Bertz CT molecular complexity index is 992. The van der Waals surface area contributed by atoms with Crippen molar-refractivity contribution in [2.24, 2.45) is 5.92 Å². The van der Waals surface area contributed by atoms with Crippen molar-refractivity contribution in [2.45, 2.75) is 32.1 Å². The quantitative estimate of drug-likeness (QED) is 0.723. The molecule has 3 aromatic rings. The summed E-state index contributed by atoms with van der Waals surface area (Å²) in [4.78, 5) is 23.3. The zero-order valence-electron chi connectivity index (χ0n) is 14.7. The summed E-state index contributed by atoms with van der Waals surface area (Å²) in [7, 11) is 0. The summed E-state index contributed by atoms with van der Waals surface area (Å²) >= 11 is 0. The van der Waals surface area contributed by atoms with Gasteiger partial charge in [-0.05, 0) is 43.4 Å². The molecule has 0 bridgehead atoms. The van der Waals surface area contributed by atoms with Crippen molar-refractivity contribution in [3.05, 3.63) is 41.9 Å². The van der Waals surface area contributed by atoms with E-state index in [2.05, 4.69) is 22.0 Å². The predicted molar refractivity (Wildman–Crippen MR) is 96.4 cm³/mol. The molecule has 0 spiro atoms. The van der Waals surface area contributed by atoms with Gasteiger partial charge in [0.05, 0.1) is 11.1 Å². The molecular formula is C20H20N4O2. The third-order valence-electron chi connectivity index (χ3n) is 5.41. The van der Waals surface area contributed by atoms with Crippen molar-refractivity contribution in [1.29, 1.82) is 0 Å². The first-order valence-electron chi connectivity index (χ1n) is 9.15. The molecule has 1 saturated carbocycles. The number of aryl methyl sites for hydroxylation is 1. The molecule has 1 aromatic carbocycles. The number of hydrogen-bond donors (Lipinski definition) is 0. The van der Waals surface area contributed by atoms with Gasteiger partial charge in [0.15, 0.2) is 5.82 Å². The molecule has 132 valence electrons. The van der Waals surface area contributed by atoms with Crippen molar-refractivity contribution in [2.75, 3.05) is 13.1 Å². The van der Waals surface area contributed by atoms with Crippen LogP contribution in [0.25, 0.3) is 22.4 Å². The Morgan fingerprint density at radius 2 is 2.15 bits per heavy atom. The lowest BCUT2D eigenvalue weighted by molar-refractivity contribution is -0.127. The Morgan fingerprint density at radius 3 is 3.00 bits per heavy atom. The maximum absolute atomic E-state index is 12.2. The Balaban J connectivity index is 1.44. The van der Waals surface area contributed by atoms with E-state index in [1.54, 1.807) is 6.20 Å². The van der Waals surface area contributed by atoms with Crippen LogP contribution in [0.4, 0.5) is 0 Å². The molecule has 1 atom stereocenters. The summed E-state index contributed by atoms with van der Waals surface area (Å²) in [6, 6.07) is 7.99. The molecule has 1 amide bonds. The highest BCUT2D eigenvalue weighted by Crippen LogP contribution is 2.35. The van der Waals surface area contributed by atoms with Crippen molar-refractivity contribution in [3.63, 3.8) is 0 Å². The van der Waals surface area contributed by atoms with E-state index in [4.69, 9.17) is 4.52 Å². The molecule has 0 radical (unpaired) electrons. The number of fused-ring (bicyclic) bond motifs is 1. The second-order valence-electron chi connectivity index (χ2n) is 7.43. The van der Waals surface area contributed by atoms with Gasteiger partial charge in [0.2, 0.25) is 5.91 Å². The molecule has 5 rings (SSSR count). The molecule has 3 heterocycles.